The van der Waals surface area contributed by atoms with Gasteiger partial charge in [0.1, 0.15) is 5.69 Å². The van der Waals surface area contributed by atoms with Crippen molar-refractivity contribution in [3.8, 4) is 0 Å². The molecule has 7 heteroatoms. The van der Waals surface area contributed by atoms with Crippen LogP contribution in [0.15, 0.2) is 47.8 Å². The molecule has 2 rings (SSSR count). The van der Waals surface area contributed by atoms with Crippen LogP contribution in [0.25, 0.3) is 0 Å². The van der Waals surface area contributed by atoms with E-state index in [2.05, 4.69) is 15.5 Å². The maximum Gasteiger partial charge on any atom is 0.274 e. The van der Waals surface area contributed by atoms with E-state index in [9.17, 15) is 4.79 Å². The Morgan fingerprint density at radius 3 is 2.70 bits per heavy atom. The molecule has 0 bridgehead atoms. The maximum absolute atomic E-state index is 12.0. The lowest BCUT2D eigenvalue weighted by molar-refractivity contribution is 0.102. The fraction of sp³-hybridized carbons (Fsp3) is 0. The number of hydrogen-bond donors (Lipinski definition) is 3. The number of aromatic nitrogens is 1. The predicted octanol–water partition coefficient (Wildman–Crippen LogP) is 2.08. The predicted molar refractivity (Wildman–Crippen MR) is 76.2 cm³/mol. The summed E-state index contributed by atoms with van der Waals surface area (Å²) in [4.78, 5) is 15.9. The van der Waals surface area contributed by atoms with Gasteiger partial charge in [0.25, 0.3) is 5.91 Å². The third-order valence-corrected chi connectivity index (χ3v) is 2.74. The van der Waals surface area contributed by atoms with Gasteiger partial charge in [0.2, 0.25) is 0 Å². The van der Waals surface area contributed by atoms with Crippen LogP contribution < -0.4 is 11.1 Å². The van der Waals surface area contributed by atoms with Gasteiger partial charge < -0.3 is 16.3 Å². The second-order valence-electron chi connectivity index (χ2n) is 3.85. The summed E-state index contributed by atoms with van der Waals surface area (Å²) in [6, 6.07) is 9.77. The molecule has 1 heterocycles. The van der Waals surface area contributed by atoms with E-state index in [1.165, 1.54) is 12.3 Å². The van der Waals surface area contributed by atoms with Gasteiger partial charge in [-0.25, -0.2) is 4.98 Å². The Kier molecular flexibility index (Phi) is 4.17. The van der Waals surface area contributed by atoms with Crippen molar-refractivity contribution in [2.24, 2.45) is 10.9 Å². The Morgan fingerprint density at radius 1 is 1.30 bits per heavy atom. The highest BCUT2D eigenvalue weighted by atomic mass is 35.5. The Balaban J connectivity index is 2.26. The van der Waals surface area contributed by atoms with Crippen LogP contribution in [0, 0.1) is 0 Å². The highest BCUT2D eigenvalue weighted by molar-refractivity contribution is 6.30. The van der Waals surface area contributed by atoms with Crippen molar-refractivity contribution in [2.75, 3.05) is 5.32 Å². The van der Waals surface area contributed by atoms with Gasteiger partial charge in [0, 0.05) is 11.8 Å². The minimum absolute atomic E-state index is 0.0926. The number of oxime groups is 1. The molecule has 0 unspecified atom stereocenters. The summed E-state index contributed by atoms with van der Waals surface area (Å²) in [5.74, 6) is -0.509. The lowest BCUT2D eigenvalue weighted by Crippen LogP contribution is -2.19. The molecule has 0 spiro atoms. The minimum Gasteiger partial charge on any atom is -0.409 e. The second-order valence-corrected chi connectivity index (χ2v) is 4.28. The van der Waals surface area contributed by atoms with Gasteiger partial charge in [0.05, 0.1) is 10.7 Å². The van der Waals surface area contributed by atoms with E-state index in [1.54, 1.807) is 30.3 Å². The highest BCUT2D eigenvalue weighted by Crippen LogP contribution is 2.16. The van der Waals surface area contributed by atoms with E-state index in [0.717, 1.165) is 0 Å². The van der Waals surface area contributed by atoms with E-state index in [1.807, 2.05) is 0 Å². The number of carbonyl (C=O) groups is 1. The first-order valence-corrected chi connectivity index (χ1v) is 5.99. The van der Waals surface area contributed by atoms with Crippen molar-refractivity contribution in [1.29, 1.82) is 0 Å². The van der Waals surface area contributed by atoms with E-state index >= 15 is 0 Å². The summed E-state index contributed by atoms with van der Waals surface area (Å²) >= 11 is 5.71. The fourth-order valence-electron chi connectivity index (χ4n) is 1.57. The average Bonchev–Trinajstić information content (AvgIpc) is 2.47. The summed E-state index contributed by atoms with van der Waals surface area (Å²) in [6.07, 6.45) is 1.38. The number of para-hydroxylation sites is 1. The van der Waals surface area contributed by atoms with Crippen LogP contribution in [0.5, 0.6) is 0 Å². The zero-order valence-electron chi connectivity index (χ0n) is 10.2. The molecular weight excluding hydrogens is 280 g/mol. The first-order chi connectivity index (χ1) is 9.61. The summed E-state index contributed by atoms with van der Waals surface area (Å²) in [7, 11) is 0. The summed E-state index contributed by atoms with van der Waals surface area (Å²) < 4.78 is 0. The van der Waals surface area contributed by atoms with E-state index in [4.69, 9.17) is 22.5 Å². The summed E-state index contributed by atoms with van der Waals surface area (Å²) in [6.45, 7) is 0. The summed E-state index contributed by atoms with van der Waals surface area (Å²) in [5, 5.41) is 14.7. The van der Waals surface area contributed by atoms with Crippen LogP contribution in [-0.4, -0.2) is 21.9 Å². The second kappa shape index (κ2) is 6.03. The molecule has 1 amide bonds. The number of nitrogens with two attached hydrogens (primary N) is 1. The molecule has 0 fully saturated rings. The monoisotopic (exact) mass is 290 g/mol. The Hall–Kier alpha value is -2.60. The molecule has 20 heavy (non-hydrogen) atoms. The zero-order chi connectivity index (χ0) is 14.5. The number of anilines is 1. The van der Waals surface area contributed by atoms with E-state index in [-0.39, 0.29) is 11.5 Å². The molecule has 0 saturated heterocycles. The van der Waals surface area contributed by atoms with Gasteiger partial charge in [-0.1, -0.05) is 28.9 Å². The molecule has 0 aliphatic rings. The molecule has 2 aromatic rings. The van der Waals surface area contributed by atoms with Gasteiger partial charge >= 0.3 is 0 Å². The van der Waals surface area contributed by atoms with Crippen LogP contribution in [0.2, 0.25) is 5.02 Å². The molecule has 6 nitrogen and oxygen atoms in total. The number of halogens is 1. The molecule has 0 aliphatic carbocycles. The molecule has 0 atom stereocenters. The van der Waals surface area contributed by atoms with Crippen molar-refractivity contribution in [3.63, 3.8) is 0 Å². The quantitative estimate of drug-likeness (QED) is 0.349. The van der Waals surface area contributed by atoms with Crippen molar-refractivity contribution >= 4 is 29.0 Å². The highest BCUT2D eigenvalue weighted by Gasteiger charge is 2.12. The lowest BCUT2D eigenvalue weighted by atomic mass is 10.1. The third-order valence-electron chi connectivity index (χ3n) is 2.52. The number of amidine groups is 1. The van der Waals surface area contributed by atoms with Crippen molar-refractivity contribution < 1.29 is 10.0 Å². The first kappa shape index (κ1) is 13.8. The van der Waals surface area contributed by atoms with Crippen LogP contribution in [-0.2, 0) is 0 Å². The van der Waals surface area contributed by atoms with Crippen LogP contribution in [0.1, 0.15) is 16.1 Å². The maximum atomic E-state index is 12.0. The Bertz CT molecular complexity index is 656. The van der Waals surface area contributed by atoms with Crippen molar-refractivity contribution in [2.45, 2.75) is 0 Å². The smallest absolute Gasteiger partial charge is 0.274 e. The normalized spacial score (nSPS) is 11.2. The molecule has 0 radical (unpaired) electrons. The van der Waals surface area contributed by atoms with E-state index < -0.39 is 5.91 Å². The zero-order valence-corrected chi connectivity index (χ0v) is 11.0. The number of nitrogens with one attached hydrogen (secondary N) is 1. The topological polar surface area (TPSA) is 101 Å². The van der Waals surface area contributed by atoms with Gasteiger partial charge in [-0.05, 0) is 24.3 Å². The van der Waals surface area contributed by atoms with Crippen LogP contribution in [0.3, 0.4) is 0 Å². The molecule has 102 valence electrons. The molecular formula is C13H11ClN4O2. The largest absolute Gasteiger partial charge is 0.409 e. The number of nitrogens with zero attached hydrogens (tertiary/aromatic N) is 2. The SMILES string of the molecule is NC(=NO)c1ccccc1NC(=O)c1ccc(Cl)cn1. The first-order valence-electron chi connectivity index (χ1n) is 5.61. The van der Waals surface area contributed by atoms with Crippen LogP contribution in [0.4, 0.5) is 5.69 Å². The van der Waals surface area contributed by atoms with Gasteiger partial charge in [0.15, 0.2) is 5.84 Å². The van der Waals surface area contributed by atoms with Crippen molar-refractivity contribution in [3.05, 3.63) is 58.9 Å². The van der Waals surface area contributed by atoms with Crippen molar-refractivity contribution in [1.82, 2.24) is 4.98 Å². The van der Waals surface area contributed by atoms with Crippen LogP contribution >= 0.6 is 11.6 Å². The number of amides is 1. The molecule has 0 aliphatic heterocycles. The molecule has 4 N–H and O–H groups in total. The minimum atomic E-state index is -0.417. The molecule has 0 saturated carbocycles. The number of carbonyl (C=O) groups excluding carboxylic acids is 1. The lowest BCUT2D eigenvalue weighted by Gasteiger charge is -2.09. The molecule has 1 aromatic carbocycles. The van der Waals surface area contributed by atoms with Gasteiger partial charge in [-0.3, -0.25) is 4.79 Å². The number of rotatable bonds is 3. The Morgan fingerprint density at radius 2 is 2.05 bits per heavy atom. The number of benzene rings is 1. The van der Waals surface area contributed by atoms with Gasteiger partial charge in [-0.2, -0.15) is 0 Å². The standard InChI is InChI=1S/C13H11ClN4O2/c14-8-5-6-11(16-7-8)13(19)17-10-4-2-1-3-9(10)12(15)18-20/h1-7,20H,(H2,15,18)(H,17,19). The number of pyridine rings is 1. The Labute approximate surface area is 119 Å². The number of hydrogen-bond acceptors (Lipinski definition) is 4. The van der Waals surface area contributed by atoms with Gasteiger partial charge in [-0.15, -0.1) is 0 Å². The fourth-order valence-corrected chi connectivity index (χ4v) is 1.68. The van der Waals surface area contributed by atoms with E-state index in [0.29, 0.717) is 16.3 Å². The molecule has 1 aromatic heterocycles. The average molecular weight is 291 g/mol. The third kappa shape index (κ3) is 3.04. The summed E-state index contributed by atoms with van der Waals surface area (Å²) in [5.41, 5.74) is 6.59.